The molecule has 154 valence electrons. The fraction of sp³-hybridized carbons (Fsp3) is 0.696. The van der Waals surface area contributed by atoms with E-state index < -0.39 is 5.97 Å². The number of hydrogen-bond donors (Lipinski definition) is 0. The first-order valence-electron chi connectivity index (χ1n) is 10.5. The van der Waals surface area contributed by atoms with E-state index in [1.165, 1.54) is 45.4 Å². The van der Waals surface area contributed by atoms with Crippen molar-refractivity contribution in [1.29, 1.82) is 0 Å². The van der Waals surface area contributed by atoms with Crippen molar-refractivity contribution < 1.29 is 19.1 Å². The van der Waals surface area contributed by atoms with Crippen LogP contribution in [0.2, 0.25) is 0 Å². The summed E-state index contributed by atoms with van der Waals surface area (Å²) in [4.78, 5) is 33.7. The first kappa shape index (κ1) is 25.3. The molecule has 0 heterocycles. The van der Waals surface area contributed by atoms with Gasteiger partial charge in [0.15, 0.2) is 5.78 Å². The molecular formula is C23H38O4. The van der Waals surface area contributed by atoms with Gasteiger partial charge in [-0.05, 0) is 38.5 Å². The first-order valence-corrected chi connectivity index (χ1v) is 10.5. The van der Waals surface area contributed by atoms with Crippen LogP contribution in [0.15, 0.2) is 24.3 Å². The standard InChI is InChI=1S/C23H38O4/c1-3-4-5-6-7-8-9-10-11-12-13-14-15-16-17-18-22(25)19-23(26)20-27-21(2)24/h7-8,10-11H,3-6,9,12-20H2,1-2H3/b8-7-,11-10-. The lowest BCUT2D eigenvalue weighted by Crippen LogP contribution is -2.15. The van der Waals surface area contributed by atoms with Crippen molar-refractivity contribution in [2.45, 2.75) is 97.3 Å². The molecule has 0 aliphatic rings. The molecule has 0 aromatic carbocycles. The quantitative estimate of drug-likeness (QED) is 0.129. The Labute approximate surface area is 165 Å². The molecule has 0 spiro atoms. The molecule has 0 saturated heterocycles. The molecule has 27 heavy (non-hydrogen) atoms. The Kier molecular flexibility index (Phi) is 17.9. The van der Waals surface area contributed by atoms with Crippen LogP contribution < -0.4 is 0 Å². The van der Waals surface area contributed by atoms with Gasteiger partial charge in [-0.2, -0.15) is 0 Å². The number of carbonyl (C=O) groups excluding carboxylic acids is 3. The molecule has 0 aliphatic heterocycles. The summed E-state index contributed by atoms with van der Waals surface area (Å²) in [5, 5.41) is 0. The van der Waals surface area contributed by atoms with Crippen molar-refractivity contribution in [2.24, 2.45) is 0 Å². The van der Waals surface area contributed by atoms with Gasteiger partial charge in [0.25, 0.3) is 0 Å². The molecule has 4 heteroatoms. The molecule has 0 rings (SSSR count). The van der Waals surface area contributed by atoms with Gasteiger partial charge in [-0.25, -0.2) is 0 Å². The molecule has 0 N–H and O–H groups in total. The minimum atomic E-state index is -0.496. The number of allylic oxidation sites excluding steroid dienone is 4. The van der Waals surface area contributed by atoms with E-state index in [9.17, 15) is 14.4 Å². The fourth-order valence-electron chi connectivity index (χ4n) is 2.68. The maximum atomic E-state index is 11.7. The van der Waals surface area contributed by atoms with E-state index >= 15 is 0 Å². The summed E-state index contributed by atoms with van der Waals surface area (Å²) in [6.45, 7) is 3.19. The predicted octanol–water partition coefficient (Wildman–Crippen LogP) is 5.89. The topological polar surface area (TPSA) is 60.4 Å². The van der Waals surface area contributed by atoms with Gasteiger partial charge in [0.05, 0.1) is 6.42 Å². The van der Waals surface area contributed by atoms with Gasteiger partial charge in [0.1, 0.15) is 12.4 Å². The number of Topliss-reactive ketones (excluding diaryl/α,β-unsaturated/α-hetero) is 2. The van der Waals surface area contributed by atoms with Crippen molar-refractivity contribution >= 4 is 17.5 Å². The third kappa shape index (κ3) is 20.5. The summed E-state index contributed by atoms with van der Waals surface area (Å²) < 4.78 is 4.59. The molecule has 0 atom stereocenters. The number of rotatable bonds is 18. The Hall–Kier alpha value is -1.71. The second-order valence-corrected chi connectivity index (χ2v) is 7.02. The van der Waals surface area contributed by atoms with Gasteiger partial charge in [0, 0.05) is 13.3 Å². The van der Waals surface area contributed by atoms with E-state index in [1.807, 2.05) is 0 Å². The van der Waals surface area contributed by atoms with Crippen LogP contribution in [0.5, 0.6) is 0 Å². The first-order chi connectivity index (χ1) is 13.1. The van der Waals surface area contributed by atoms with Gasteiger partial charge >= 0.3 is 5.97 Å². The molecule has 0 bridgehead atoms. The highest BCUT2D eigenvalue weighted by atomic mass is 16.5. The highest BCUT2D eigenvalue weighted by Gasteiger charge is 2.10. The van der Waals surface area contributed by atoms with Gasteiger partial charge in [-0.3, -0.25) is 14.4 Å². The minimum absolute atomic E-state index is 0.0576. The lowest BCUT2D eigenvalue weighted by atomic mass is 10.0. The van der Waals surface area contributed by atoms with E-state index in [4.69, 9.17) is 0 Å². The summed E-state index contributed by atoms with van der Waals surface area (Å²) in [6.07, 6.45) is 21.9. The van der Waals surface area contributed by atoms with Gasteiger partial charge < -0.3 is 4.74 Å². The van der Waals surface area contributed by atoms with Crippen molar-refractivity contribution in [2.75, 3.05) is 6.61 Å². The smallest absolute Gasteiger partial charge is 0.303 e. The Morgan fingerprint density at radius 1 is 0.741 bits per heavy atom. The van der Waals surface area contributed by atoms with Crippen LogP contribution in [0.1, 0.15) is 97.3 Å². The van der Waals surface area contributed by atoms with Crippen molar-refractivity contribution in [3.8, 4) is 0 Å². The molecule has 0 saturated carbocycles. The highest BCUT2D eigenvalue weighted by Crippen LogP contribution is 2.09. The number of unbranched alkanes of at least 4 members (excludes halogenated alkanes) is 8. The largest absolute Gasteiger partial charge is 0.458 e. The van der Waals surface area contributed by atoms with E-state index in [0.29, 0.717) is 6.42 Å². The number of ketones is 2. The summed E-state index contributed by atoms with van der Waals surface area (Å²) in [5.41, 5.74) is 0. The zero-order chi connectivity index (χ0) is 20.2. The van der Waals surface area contributed by atoms with E-state index in [-0.39, 0.29) is 24.6 Å². The summed E-state index contributed by atoms with van der Waals surface area (Å²) >= 11 is 0. The number of hydrogen-bond acceptors (Lipinski definition) is 4. The third-order valence-corrected chi connectivity index (χ3v) is 4.24. The molecule has 0 aliphatic carbocycles. The maximum Gasteiger partial charge on any atom is 0.303 e. The molecular weight excluding hydrogens is 340 g/mol. The molecule has 0 aromatic heterocycles. The van der Waals surface area contributed by atoms with Crippen molar-refractivity contribution in [3.05, 3.63) is 24.3 Å². The lowest BCUT2D eigenvalue weighted by molar-refractivity contribution is -0.146. The van der Waals surface area contributed by atoms with Crippen molar-refractivity contribution in [1.82, 2.24) is 0 Å². The van der Waals surface area contributed by atoms with Gasteiger partial charge in [-0.1, -0.05) is 63.3 Å². The highest BCUT2D eigenvalue weighted by molar-refractivity contribution is 6.00. The molecule has 0 amide bonds. The second kappa shape index (κ2) is 19.1. The molecule has 4 nitrogen and oxygen atoms in total. The molecule has 0 aromatic rings. The summed E-state index contributed by atoms with van der Waals surface area (Å²) in [5.74, 6) is -0.875. The molecule has 0 unspecified atom stereocenters. The molecule has 0 fully saturated rings. The van der Waals surface area contributed by atoms with Crippen LogP contribution in [0, 0.1) is 0 Å². The second-order valence-electron chi connectivity index (χ2n) is 7.02. The van der Waals surface area contributed by atoms with Crippen LogP contribution in [-0.2, 0) is 19.1 Å². The van der Waals surface area contributed by atoms with Crippen LogP contribution in [-0.4, -0.2) is 24.1 Å². The van der Waals surface area contributed by atoms with Crippen LogP contribution in [0.4, 0.5) is 0 Å². The Morgan fingerprint density at radius 3 is 1.96 bits per heavy atom. The molecule has 0 radical (unpaired) electrons. The van der Waals surface area contributed by atoms with Gasteiger partial charge in [0.2, 0.25) is 0 Å². The van der Waals surface area contributed by atoms with E-state index in [0.717, 1.165) is 32.1 Å². The van der Waals surface area contributed by atoms with Crippen LogP contribution in [0.3, 0.4) is 0 Å². The lowest BCUT2D eigenvalue weighted by Gasteiger charge is -2.02. The zero-order valence-electron chi connectivity index (χ0n) is 17.3. The predicted molar refractivity (Wildman–Crippen MR) is 111 cm³/mol. The number of esters is 1. The van der Waals surface area contributed by atoms with Crippen molar-refractivity contribution in [3.63, 3.8) is 0 Å². The maximum absolute atomic E-state index is 11.7. The van der Waals surface area contributed by atoms with Crippen LogP contribution >= 0.6 is 0 Å². The monoisotopic (exact) mass is 378 g/mol. The van der Waals surface area contributed by atoms with Crippen LogP contribution in [0.25, 0.3) is 0 Å². The zero-order valence-corrected chi connectivity index (χ0v) is 17.3. The van der Waals surface area contributed by atoms with E-state index in [1.54, 1.807) is 0 Å². The summed E-state index contributed by atoms with van der Waals surface area (Å²) in [7, 11) is 0. The van der Waals surface area contributed by atoms with E-state index in [2.05, 4.69) is 36.0 Å². The number of carbonyl (C=O) groups is 3. The average molecular weight is 379 g/mol. The third-order valence-electron chi connectivity index (χ3n) is 4.24. The summed E-state index contributed by atoms with van der Waals surface area (Å²) in [6, 6.07) is 0. The SMILES string of the molecule is CCCCC/C=C\C/C=C\CCCCCCCC(=O)CC(=O)COC(C)=O. The Morgan fingerprint density at radius 2 is 1.33 bits per heavy atom. The number of ether oxygens (including phenoxy) is 1. The normalized spacial score (nSPS) is 11.3. The fourth-order valence-corrected chi connectivity index (χ4v) is 2.68. The van der Waals surface area contributed by atoms with Gasteiger partial charge in [-0.15, -0.1) is 0 Å². The Balaban J connectivity index is 3.41. The minimum Gasteiger partial charge on any atom is -0.458 e. The average Bonchev–Trinajstić information content (AvgIpc) is 2.63. The Bertz CT molecular complexity index is 463.